The van der Waals surface area contributed by atoms with Crippen LogP contribution in [0.3, 0.4) is 0 Å². The number of hydrogen-bond acceptors (Lipinski definition) is 3. The molecule has 0 aromatic heterocycles. The SMILES string of the molecule is CCN(C(=O)Cc1cc(C)ccc1OC)[C@H]1CN(C(C)=O)C2(CCCCC2)C1. The predicted octanol–water partition coefficient (Wildman–Crippen LogP) is 3.72. The first-order valence-corrected chi connectivity index (χ1v) is 10.6. The molecular formula is C23H34N2O3. The van der Waals surface area contributed by atoms with E-state index < -0.39 is 0 Å². The predicted molar refractivity (Wildman–Crippen MR) is 110 cm³/mol. The second-order valence-electron chi connectivity index (χ2n) is 8.44. The van der Waals surface area contributed by atoms with Gasteiger partial charge in [-0.05, 0) is 39.2 Å². The van der Waals surface area contributed by atoms with Crippen molar-refractivity contribution in [3.63, 3.8) is 0 Å². The van der Waals surface area contributed by atoms with Crippen LogP contribution < -0.4 is 4.74 Å². The van der Waals surface area contributed by atoms with Crippen LogP contribution >= 0.6 is 0 Å². The van der Waals surface area contributed by atoms with E-state index in [2.05, 4.69) is 4.90 Å². The van der Waals surface area contributed by atoms with Crippen LogP contribution in [-0.2, 0) is 16.0 Å². The Bertz CT molecular complexity index is 725. The van der Waals surface area contributed by atoms with Crippen LogP contribution in [0.4, 0.5) is 0 Å². The molecule has 1 aliphatic heterocycles. The molecule has 5 heteroatoms. The van der Waals surface area contributed by atoms with Gasteiger partial charge < -0.3 is 14.5 Å². The van der Waals surface area contributed by atoms with Crippen molar-refractivity contribution in [2.45, 2.75) is 77.3 Å². The minimum atomic E-state index is -0.0382. The highest BCUT2D eigenvalue weighted by Gasteiger charge is 2.49. The number of hydrogen-bond donors (Lipinski definition) is 0. The molecule has 1 aliphatic carbocycles. The third kappa shape index (κ3) is 4.03. The van der Waals surface area contributed by atoms with Crippen LogP contribution in [0.1, 0.15) is 63.5 Å². The van der Waals surface area contributed by atoms with Crippen LogP contribution in [0, 0.1) is 6.92 Å². The molecule has 5 nitrogen and oxygen atoms in total. The van der Waals surface area contributed by atoms with E-state index in [0.717, 1.165) is 36.1 Å². The number of amides is 2. The number of methoxy groups -OCH3 is 1. The van der Waals surface area contributed by atoms with E-state index in [-0.39, 0.29) is 23.4 Å². The Morgan fingerprint density at radius 2 is 1.96 bits per heavy atom. The van der Waals surface area contributed by atoms with E-state index in [1.807, 2.05) is 36.9 Å². The van der Waals surface area contributed by atoms with E-state index >= 15 is 0 Å². The molecule has 1 spiro atoms. The molecule has 0 bridgehead atoms. The number of aryl methyl sites for hydroxylation is 1. The lowest BCUT2D eigenvalue weighted by Gasteiger charge is -2.41. The Kier molecular flexibility index (Phi) is 6.31. The molecule has 1 aromatic rings. The van der Waals surface area contributed by atoms with E-state index in [4.69, 9.17) is 4.74 Å². The van der Waals surface area contributed by atoms with Crippen molar-refractivity contribution < 1.29 is 14.3 Å². The van der Waals surface area contributed by atoms with Gasteiger partial charge in [-0.3, -0.25) is 9.59 Å². The third-order valence-electron chi connectivity index (χ3n) is 6.63. The summed E-state index contributed by atoms with van der Waals surface area (Å²) in [4.78, 5) is 29.6. The lowest BCUT2D eigenvalue weighted by molar-refractivity contribution is -0.135. The smallest absolute Gasteiger partial charge is 0.227 e. The monoisotopic (exact) mass is 386 g/mol. The fourth-order valence-electron chi connectivity index (χ4n) is 5.32. The number of likely N-dealkylation sites (tertiary alicyclic amines) is 1. The molecule has 1 saturated carbocycles. The Balaban J connectivity index is 1.78. The maximum absolute atomic E-state index is 13.2. The first-order chi connectivity index (χ1) is 13.4. The average Bonchev–Trinajstić information content (AvgIpc) is 3.01. The lowest BCUT2D eigenvalue weighted by atomic mass is 9.79. The summed E-state index contributed by atoms with van der Waals surface area (Å²) in [6.45, 7) is 7.07. The number of nitrogens with zero attached hydrogens (tertiary/aromatic N) is 2. The van der Waals surface area contributed by atoms with E-state index in [1.165, 1.54) is 19.3 Å². The Morgan fingerprint density at radius 1 is 1.25 bits per heavy atom. The molecule has 1 saturated heterocycles. The number of benzene rings is 1. The summed E-state index contributed by atoms with van der Waals surface area (Å²) in [5.41, 5.74) is 2.01. The molecule has 1 heterocycles. The summed E-state index contributed by atoms with van der Waals surface area (Å²) >= 11 is 0. The molecule has 1 atom stereocenters. The summed E-state index contributed by atoms with van der Waals surface area (Å²) in [5.74, 6) is 1.02. The molecule has 0 N–H and O–H groups in total. The van der Waals surface area contributed by atoms with Gasteiger partial charge >= 0.3 is 0 Å². The highest BCUT2D eigenvalue weighted by Crippen LogP contribution is 2.43. The Hall–Kier alpha value is -2.04. The zero-order valence-electron chi connectivity index (χ0n) is 17.8. The molecule has 2 aliphatic rings. The molecule has 28 heavy (non-hydrogen) atoms. The summed E-state index contributed by atoms with van der Waals surface area (Å²) in [6, 6.07) is 6.07. The molecule has 0 radical (unpaired) electrons. The molecule has 1 aromatic carbocycles. The van der Waals surface area contributed by atoms with Crippen LogP contribution in [0.5, 0.6) is 5.75 Å². The second-order valence-corrected chi connectivity index (χ2v) is 8.44. The van der Waals surface area contributed by atoms with Gasteiger partial charge in [0.2, 0.25) is 11.8 Å². The highest BCUT2D eigenvalue weighted by molar-refractivity contribution is 5.80. The van der Waals surface area contributed by atoms with E-state index in [0.29, 0.717) is 19.5 Å². The van der Waals surface area contributed by atoms with Crippen molar-refractivity contribution in [3.05, 3.63) is 29.3 Å². The summed E-state index contributed by atoms with van der Waals surface area (Å²) in [5, 5.41) is 0. The van der Waals surface area contributed by atoms with E-state index in [1.54, 1.807) is 14.0 Å². The number of rotatable bonds is 5. The Labute approximate surface area is 169 Å². The fraction of sp³-hybridized carbons (Fsp3) is 0.652. The number of carbonyl (C=O) groups is 2. The summed E-state index contributed by atoms with van der Waals surface area (Å²) in [6.07, 6.45) is 7.00. The van der Waals surface area contributed by atoms with Crippen molar-refractivity contribution in [2.75, 3.05) is 20.2 Å². The van der Waals surface area contributed by atoms with Gasteiger partial charge in [0.1, 0.15) is 5.75 Å². The average molecular weight is 387 g/mol. The maximum Gasteiger partial charge on any atom is 0.227 e. The van der Waals surface area contributed by atoms with Crippen molar-refractivity contribution in [3.8, 4) is 5.75 Å². The van der Waals surface area contributed by atoms with Crippen LogP contribution in [0.15, 0.2) is 18.2 Å². The van der Waals surface area contributed by atoms with Gasteiger partial charge in [0, 0.05) is 31.1 Å². The van der Waals surface area contributed by atoms with Crippen LogP contribution in [0.2, 0.25) is 0 Å². The minimum absolute atomic E-state index is 0.0382. The number of carbonyl (C=O) groups excluding carboxylic acids is 2. The first kappa shape index (κ1) is 20.7. The van der Waals surface area contributed by atoms with Crippen molar-refractivity contribution >= 4 is 11.8 Å². The van der Waals surface area contributed by atoms with Gasteiger partial charge in [0.25, 0.3) is 0 Å². The highest BCUT2D eigenvalue weighted by atomic mass is 16.5. The van der Waals surface area contributed by atoms with Crippen LogP contribution in [-0.4, -0.2) is 53.4 Å². The largest absolute Gasteiger partial charge is 0.496 e. The van der Waals surface area contributed by atoms with Crippen LogP contribution in [0.25, 0.3) is 0 Å². The molecule has 0 unspecified atom stereocenters. The lowest BCUT2D eigenvalue weighted by Crippen LogP contribution is -2.47. The standard InChI is InChI=1S/C23H34N2O3/c1-5-24(22(27)14-19-13-17(2)9-10-21(19)28-4)20-15-23(11-7-6-8-12-23)25(16-20)18(3)26/h9-10,13,20H,5-8,11-12,14-16H2,1-4H3/t20-/m1/s1. The first-order valence-electron chi connectivity index (χ1n) is 10.6. The van der Waals surface area contributed by atoms with Gasteiger partial charge in [-0.15, -0.1) is 0 Å². The van der Waals surface area contributed by atoms with Gasteiger partial charge in [-0.2, -0.15) is 0 Å². The molecule has 2 amide bonds. The third-order valence-corrected chi connectivity index (χ3v) is 6.63. The number of likely N-dealkylation sites (N-methyl/N-ethyl adjacent to an activating group) is 1. The Morgan fingerprint density at radius 3 is 2.57 bits per heavy atom. The molecule has 154 valence electrons. The van der Waals surface area contributed by atoms with Gasteiger partial charge in [0.15, 0.2) is 0 Å². The second kappa shape index (κ2) is 8.54. The summed E-state index contributed by atoms with van der Waals surface area (Å²) in [7, 11) is 1.64. The fourth-order valence-corrected chi connectivity index (χ4v) is 5.32. The van der Waals surface area contributed by atoms with Crippen molar-refractivity contribution in [2.24, 2.45) is 0 Å². The molecular weight excluding hydrogens is 352 g/mol. The zero-order valence-corrected chi connectivity index (χ0v) is 17.8. The van der Waals surface area contributed by atoms with Gasteiger partial charge in [-0.25, -0.2) is 0 Å². The van der Waals surface area contributed by atoms with Gasteiger partial charge in [0.05, 0.1) is 19.6 Å². The zero-order chi connectivity index (χ0) is 20.3. The minimum Gasteiger partial charge on any atom is -0.496 e. The quantitative estimate of drug-likeness (QED) is 0.775. The molecule has 2 fully saturated rings. The summed E-state index contributed by atoms with van der Waals surface area (Å²) < 4.78 is 5.46. The normalized spacial score (nSPS) is 21.0. The van der Waals surface area contributed by atoms with Crippen molar-refractivity contribution in [1.82, 2.24) is 9.80 Å². The number of ether oxygens (including phenoxy) is 1. The molecule has 3 rings (SSSR count). The topological polar surface area (TPSA) is 49.9 Å². The van der Waals surface area contributed by atoms with E-state index in [9.17, 15) is 9.59 Å². The van der Waals surface area contributed by atoms with Gasteiger partial charge in [-0.1, -0.05) is 37.0 Å². The van der Waals surface area contributed by atoms with Crippen molar-refractivity contribution in [1.29, 1.82) is 0 Å². The maximum atomic E-state index is 13.2.